The summed E-state index contributed by atoms with van der Waals surface area (Å²) in [5.41, 5.74) is 8.45. The van der Waals surface area contributed by atoms with Crippen LogP contribution in [0.5, 0.6) is 0 Å². The molecule has 1 fully saturated rings. The smallest absolute Gasteiger partial charge is 0.308 e. The lowest BCUT2D eigenvalue weighted by molar-refractivity contribution is 0.195. The van der Waals surface area contributed by atoms with Gasteiger partial charge in [0.25, 0.3) is 0 Å². The van der Waals surface area contributed by atoms with Gasteiger partial charge in [-0.25, -0.2) is 9.65 Å². The van der Waals surface area contributed by atoms with Crippen molar-refractivity contribution in [1.82, 2.24) is 10.4 Å². The molecule has 0 radical (unpaired) electrons. The van der Waals surface area contributed by atoms with Gasteiger partial charge in [-0.3, -0.25) is 9.05 Å². The van der Waals surface area contributed by atoms with Gasteiger partial charge in [-0.2, -0.15) is 0 Å². The molecule has 176 valence electrons. The van der Waals surface area contributed by atoms with Crippen LogP contribution >= 0.6 is 7.75 Å². The molecule has 3 atom stereocenters. The van der Waals surface area contributed by atoms with Crippen LogP contribution in [0.2, 0.25) is 0 Å². The van der Waals surface area contributed by atoms with Crippen LogP contribution in [-0.4, -0.2) is 25.3 Å². The molecule has 1 aromatic carbocycles. The molecule has 0 spiro atoms. The summed E-state index contributed by atoms with van der Waals surface area (Å²) in [5, 5.41) is 7.05. The van der Waals surface area contributed by atoms with Gasteiger partial charge in [-0.15, -0.1) is 0 Å². The minimum Gasteiger partial charge on any atom is -0.308 e. The first-order valence-corrected chi connectivity index (χ1v) is 14.0. The molecule has 0 saturated heterocycles. The van der Waals surface area contributed by atoms with Crippen molar-refractivity contribution in [2.45, 2.75) is 70.5 Å². The number of benzene rings is 1. The Labute approximate surface area is 197 Å². The van der Waals surface area contributed by atoms with Crippen LogP contribution in [0.25, 0.3) is 6.08 Å². The van der Waals surface area contributed by atoms with Gasteiger partial charge in [0.2, 0.25) is 0 Å². The molecule has 33 heavy (non-hydrogen) atoms. The fourth-order valence-corrected chi connectivity index (χ4v) is 7.37. The Morgan fingerprint density at radius 1 is 1.00 bits per heavy atom. The monoisotopic (exact) mass is 466 g/mol. The number of rotatable bonds is 9. The first-order valence-electron chi connectivity index (χ1n) is 12.4. The van der Waals surface area contributed by atoms with E-state index in [0.717, 1.165) is 32.2 Å². The maximum absolute atomic E-state index is 13.1. The lowest BCUT2D eigenvalue weighted by Crippen LogP contribution is -2.48. The molecule has 1 aromatic rings. The van der Waals surface area contributed by atoms with E-state index in [-0.39, 0.29) is 12.1 Å². The quantitative estimate of drug-likeness (QED) is 0.441. The van der Waals surface area contributed by atoms with Gasteiger partial charge in [-0.1, -0.05) is 61.4 Å². The number of allylic oxidation sites excluding steroid dienone is 7. The third-order valence-electron chi connectivity index (χ3n) is 7.24. The van der Waals surface area contributed by atoms with Crippen molar-refractivity contribution in [2.24, 2.45) is 0 Å². The summed E-state index contributed by atoms with van der Waals surface area (Å²) in [5.74, 6) is 0.381. The molecule has 0 amide bonds. The zero-order chi connectivity index (χ0) is 22.8. The summed E-state index contributed by atoms with van der Waals surface area (Å²) in [7, 11) is -3.28. The van der Waals surface area contributed by atoms with Crippen LogP contribution in [0.1, 0.15) is 67.7 Å². The highest BCUT2D eigenvalue weighted by molar-refractivity contribution is 7.51. The van der Waals surface area contributed by atoms with Gasteiger partial charge in [0.15, 0.2) is 0 Å². The fourth-order valence-electron chi connectivity index (χ4n) is 5.76. The van der Waals surface area contributed by atoms with Crippen molar-refractivity contribution < 1.29 is 13.6 Å². The third-order valence-corrected chi connectivity index (χ3v) is 9.09. The Hall–Kier alpha value is -1.75. The number of nitrogens with one attached hydrogen (secondary N) is 2. The van der Waals surface area contributed by atoms with Crippen molar-refractivity contribution in [3.05, 3.63) is 75.9 Å². The van der Waals surface area contributed by atoms with Crippen LogP contribution < -0.4 is 10.4 Å². The Morgan fingerprint density at radius 2 is 1.79 bits per heavy atom. The van der Waals surface area contributed by atoms with Crippen molar-refractivity contribution in [3.8, 4) is 0 Å². The summed E-state index contributed by atoms with van der Waals surface area (Å²) in [6.45, 7) is 5.22. The van der Waals surface area contributed by atoms with Gasteiger partial charge in [0.1, 0.15) is 0 Å². The van der Waals surface area contributed by atoms with Crippen LogP contribution in [0.4, 0.5) is 0 Å². The van der Waals surface area contributed by atoms with Gasteiger partial charge in [0.05, 0.1) is 13.2 Å². The van der Waals surface area contributed by atoms with Gasteiger partial charge < -0.3 is 5.32 Å². The first kappa shape index (κ1) is 23.0. The standard InChI is InChI=1S/C27H35N2O3P/c1-3-31-33(30,32-4-2)29-25-11-6-5-10-24(25)28-18-22-15-14-21-13-12-19-8-7-9-20-16-17-23(22)27(21)26(19)20/h7-9,12,14-17,24-26,28H,3-6,10-11,13,18H2,1-2H3,(H,29,30)/t24-,25-,26?/m0/s1. The molecule has 1 saturated carbocycles. The molecule has 4 aliphatic carbocycles. The Morgan fingerprint density at radius 3 is 2.58 bits per heavy atom. The largest absolute Gasteiger partial charge is 0.405 e. The van der Waals surface area contributed by atoms with E-state index in [1.165, 1.54) is 39.8 Å². The zero-order valence-corrected chi connectivity index (χ0v) is 20.6. The SMILES string of the molecule is CCOP(=O)(N[C@H]1CCCC[C@@H]1NCc1ccc2c3c1C=CC1=CC=CC(=CC2)C13)OCC. The van der Waals surface area contributed by atoms with E-state index in [0.29, 0.717) is 19.1 Å². The summed E-state index contributed by atoms with van der Waals surface area (Å²) >= 11 is 0. The van der Waals surface area contributed by atoms with Crippen LogP contribution in [0.15, 0.2) is 53.7 Å². The minimum absolute atomic E-state index is 0.0692. The van der Waals surface area contributed by atoms with Crippen LogP contribution in [0, 0.1) is 0 Å². The molecule has 6 heteroatoms. The highest BCUT2D eigenvalue weighted by Crippen LogP contribution is 2.47. The summed E-state index contributed by atoms with van der Waals surface area (Å²) in [6, 6.07) is 4.90. The van der Waals surface area contributed by atoms with Crippen LogP contribution in [0.3, 0.4) is 0 Å². The van der Waals surface area contributed by atoms with E-state index in [2.05, 4.69) is 59.0 Å². The molecule has 0 aliphatic heterocycles. The maximum atomic E-state index is 13.1. The van der Waals surface area contributed by atoms with Crippen molar-refractivity contribution in [2.75, 3.05) is 13.2 Å². The first-order chi connectivity index (χ1) is 16.1. The molecule has 4 aliphatic rings. The van der Waals surface area contributed by atoms with Gasteiger partial charge in [-0.05, 0) is 66.5 Å². The van der Waals surface area contributed by atoms with Crippen molar-refractivity contribution >= 4 is 13.8 Å². The van der Waals surface area contributed by atoms with Crippen LogP contribution in [-0.2, 0) is 26.6 Å². The second-order valence-corrected chi connectivity index (χ2v) is 11.0. The Balaban J connectivity index is 1.34. The van der Waals surface area contributed by atoms with Gasteiger partial charge >= 0.3 is 7.75 Å². The average Bonchev–Trinajstić information content (AvgIpc) is 2.82. The molecular weight excluding hydrogens is 431 g/mol. The predicted octanol–water partition coefficient (Wildman–Crippen LogP) is 5.95. The lowest BCUT2D eigenvalue weighted by Gasteiger charge is -2.36. The topological polar surface area (TPSA) is 59.6 Å². The van der Waals surface area contributed by atoms with Crippen molar-refractivity contribution in [1.29, 1.82) is 0 Å². The minimum atomic E-state index is -3.28. The molecule has 0 bridgehead atoms. The molecule has 1 unspecified atom stereocenters. The summed E-state index contributed by atoms with van der Waals surface area (Å²) in [6.07, 6.45) is 19.0. The highest BCUT2D eigenvalue weighted by atomic mass is 31.2. The second kappa shape index (κ2) is 9.85. The predicted molar refractivity (Wildman–Crippen MR) is 134 cm³/mol. The van der Waals surface area contributed by atoms with E-state index < -0.39 is 7.75 Å². The van der Waals surface area contributed by atoms with E-state index in [4.69, 9.17) is 9.05 Å². The fraction of sp³-hybridized carbons (Fsp3) is 0.481. The van der Waals surface area contributed by atoms with E-state index in [1.807, 2.05) is 13.8 Å². The zero-order valence-electron chi connectivity index (χ0n) is 19.7. The normalized spacial score (nSPS) is 25.5. The molecule has 5 nitrogen and oxygen atoms in total. The number of hydrogen-bond donors (Lipinski definition) is 2. The summed E-state index contributed by atoms with van der Waals surface area (Å²) in [4.78, 5) is 0. The van der Waals surface area contributed by atoms with Crippen molar-refractivity contribution in [3.63, 3.8) is 0 Å². The Bertz CT molecular complexity index is 1060. The highest BCUT2D eigenvalue weighted by Gasteiger charge is 2.34. The van der Waals surface area contributed by atoms with E-state index >= 15 is 0 Å². The molecule has 5 rings (SSSR count). The number of hydrogen-bond acceptors (Lipinski definition) is 4. The summed E-state index contributed by atoms with van der Waals surface area (Å²) < 4.78 is 24.1. The maximum Gasteiger partial charge on any atom is 0.405 e. The third kappa shape index (κ3) is 4.62. The second-order valence-electron chi connectivity index (χ2n) is 9.25. The molecule has 0 aromatic heterocycles. The molecular formula is C27H35N2O3P. The molecule has 2 N–H and O–H groups in total. The molecule has 0 heterocycles. The van der Waals surface area contributed by atoms with E-state index in [9.17, 15) is 4.57 Å². The van der Waals surface area contributed by atoms with E-state index in [1.54, 1.807) is 0 Å². The lowest BCUT2D eigenvalue weighted by atomic mass is 9.70. The Kier molecular flexibility index (Phi) is 6.87. The van der Waals surface area contributed by atoms with Gasteiger partial charge in [0, 0.05) is 24.5 Å². The average molecular weight is 467 g/mol.